The number of nitrogens with zero attached hydrogens (tertiary/aromatic N) is 2. The van der Waals surface area contributed by atoms with Gasteiger partial charge in [0.1, 0.15) is 5.82 Å². The normalized spacial score (nSPS) is 21.8. The summed E-state index contributed by atoms with van der Waals surface area (Å²) in [5.74, 6) is 1.05. The van der Waals surface area contributed by atoms with E-state index in [-0.39, 0.29) is 11.2 Å². The van der Waals surface area contributed by atoms with Gasteiger partial charge in [-0.05, 0) is 37.2 Å². The Hall–Kier alpha value is -1.09. The van der Waals surface area contributed by atoms with Gasteiger partial charge in [-0.3, -0.25) is 4.79 Å². The molecular weight excluding hydrogens is 272 g/mol. The highest BCUT2D eigenvalue weighted by atomic mass is 35.5. The number of piperidine rings is 1. The second kappa shape index (κ2) is 5.03. The fourth-order valence-corrected chi connectivity index (χ4v) is 3.54. The van der Waals surface area contributed by atoms with E-state index in [2.05, 4.69) is 18.7 Å². The molecular formula is C16H21ClN2O. The fourth-order valence-electron chi connectivity index (χ4n) is 3.27. The first-order valence-electron chi connectivity index (χ1n) is 7.44. The van der Waals surface area contributed by atoms with Gasteiger partial charge in [-0.2, -0.15) is 0 Å². The van der Waals surface area contributed by atoms with Crippen molar-refractivity contribution in [2.45, 2.75) is 46.0 Å². The Kier molecular flexibility index (Phi) is 3.49. The zero-order valence-electron chi connectivity index (χ0n) is 12.2. The Morgan fingerprint density at radius 1 is 1.20 bits per heavy atom. The van der Waals surface area contributed by atoms with E-state index in [1.807, 2.05) is 6.07 Å². The van der Waals surface area contributed by atoms with E-state index in [1.54, 1.807) is 0 Å². The van der Waals surface area contributed by atoms with Gasteiger partial charge in [-0.25, -0.2) is 4.98 Å². The van der Waals surface area contributed by atoms with Gasteiger partial charge in [0.25, 0.3) is 0 Å². The molecule has 2 aliphatic rings. The minimum atomic E-state index is 0.00405. The van der Waals surface area contributed by atoms with E-state index in [0.717, 1.165) is 36.6 Å². The van der Waals surface area contributed by atoms with Gasteiger partial charge < -0.3 is 4.90 Å². The zero-order valence-corrected chi connectivity index (χ0v) is 13.0. The number of halogens is 1. The lowest BCUT2D eigenvalue weighted by Crippen LogP contribution is -2.32. The summed E-state index contributed by atoms with van der Waals surface area (Å²) in [6, 6.07) is 1.84. The molecule has 1 saturated heterocycles. The summed E-state index contributed by atoms with van der Waals surface area (Å²) < 4.78 is 0. The first kappa shape index (κ1) is 13.9. The Morgan fingerprint density at radius 2 is 1.90 bits per heavy atom. The predicted molar refractivity (Wildman–Crippen MR) is 81.7 cm³/mol. The van der Waals surface area contributed by atoms with Crippen molar-refractivity contribution >= 4 is 23.2 Å². The quantitative estimate of drug-likeness (QED) is 0.787. The Balaban J connectivity index is 2.00. The van der Waals surface area contributed by atoms with Crippen LogP contribution in [0.3, 0.4) is 0 Å². The predicted octanol–water partition coefficient (Wildman–Crippen LogP) is 3.88. The third-order valence-corrected chi connectivity index (χ3v) is 4.56. The molecule has 1 aliphatic heterocycles. The number of fused-ring (bicyclic) bond motifs is 1. The van der Waals surface area contributed by atoms with Crippen LogP contribution in [-0.4, -0.2) is 23.9 Å². The number of anilines is 1. The van der Waals surface area contributed by atoms with Gasteiger partial charge in [-0.1, -0.05) is 25.4 Å². The average molecular weight is 293 g/mol. The third kappa shape index (κ3) is 2.56. The van der Waals surface area contributed by atoms with Crippen LogP contribution in [0.15, 0.2) is 6.07 Å². The molecule has 1 aliphatic carbocycles. The molecule has 0 N–H and O–H groups in total. The molecule has 0 radical (unpaired) electrons. The van der Waals surface area contributed by atoms with Crippen LogP contribution in [0.25, 0.3) is 0 Å². The number of Topliss-reactive ketones (excluding diaryl/α,β-unsaturated/α-hetero) is 1. The number of hydrogen-bond acceptors (Lipinski definition) is 3. The van der Waals surface area contributed by atoms with Crippen LogP contribution >= 0.6 is 11.6 Å². The largest absolute Gasteiger partial charge is 0.355 e. The minimum absolute atomic E-state index is 0.00405. The molecule has 20 heavy (non-hydrogen) atoms. The van der Waals surface area contributed by atoms with Crippen molar-refractivity contribution in [3.63, 3.8) is 0 Å². The summed E-state index contributed by atoms with van der Waals surface area (Å²) in [6.07, 6.45) is 5.11. The standard InChI is InChI=1S/C16H21ClN2O/c1-16(2)9-13-11(14(20)10-16)8-12(17)15(18-13)19-6-4-3-5-7-19/h8H,3-7,9-10H2,1-2H3. The topological polar surface area (TPSA) is 33.2 Å². The summed E-state index contributed by atoms with van der Waals surface area (Å²) in [5, 5.41) is 0.624. The van der Waals surface area contributed by atoms with Gasteiger partial charge in [0.05, 0.1) is 10.7 Å². The van der Waals surface area contributed by atoms with Crippen molar-refractivity contribution in [2.75, 3.05) is 18.0 Å². The first-order chi connectivity index (χ1) is 9.46. The van der Waals surface area contributed by atoms with Crippen LogP contribution in [0.2, 0.25) is 5.02 Å². The lowest BCUT2D eigenvalue weighted by atomic mass is 9.75. The maximum atomic E-state index is 12.2. The third-order valence-electron chi connectivity index (χ3n) is 4.28. The van der Waals surface area contributed by atoms with Crippen molar-refractivity contribution in [3.05, 3.63) is 22.3 Å². The van der Waals surface area contributed by atoms with Gasteiger partial charge >= 0.3 is 0 Å². The molecule has 0 saturated carbocycles. The molecule has 3 rings (SSSR count). The highest BCUT2D eigenvalue weighted by Crippen LogP contribution is 2.37. The number of carbonyl (C=O) groups is 1. The second-order valence-corrected chi connectivity index (χ2v) is 7.18. The lowest BCUT2D eigenvalue weighted by Gasteiger charge is -2.32. The molecule has 0 bridgehead atoms. The molecule has 1 fully saturated rings. The fraction of sp³-hybridized carbons (Fsp3) is 0.625. The molecule has 0 unspecified atom stereocenters. The van der Waals surface area contributed by atoms with Crippen LogP contribution < -0.4 is 4.90 Å². The van der Waals surface area contributed by atoms with Gasteiger partial charge in [0, 0.05) is 25.1 Å². The Morgan fingerprint density at radius 3 is 2.60 bits per heavy atom. The van der Waals surface area contributed by atoms with Crippen molar-refractivity contribution in [1.82, 2.24) is 4.98 Å². The lowest BCUT2D eigenvalue weighted by molar-refractivity contribution is 0.0910. The van der Waals surface area contributed by atoms with E-state index in [1.165, 1.54) is 19.3 Å². The average Bonchev–Trinajstić information content (AvgIpc) is 2.39. The van der Waals surface area contributed by atoms with Crippen LogP contribution in [-0.2, 0) is 6.42 Å². The number of pyridine rings is 1. The van der Waals surface area contributed by atoms with E-state index in [0.29, 0.717) is 11.4 Å². The van der Waals surface area contributed by atoms with Crippen LogP contribution in [0.4, 0.5) is 5.82 Å². The second-order valence-electron chi connectivity index (χ2n) is 6.78. The molecule has 4 heteroatoms. The molecule has 2 heterocycles. The van der Waals surface area contributed by atoms with Crippen molar-refractivity contribution in [1.29, 1.82) is 0 Å². The van der Waals surface area contributed by atoms with Gasteiger partial charge in [0.15, 0.2) is 5.78 Å². The van der Waals surface area contributed by atoms with Gasteiger partial charge in [0.2, 0.25) is 0 Å². The Bertz CT molecular complexity index is 548. The maximum absolute atomic E-state index is 12.2. The SMILES string of the molecule is CC1(C)CC(=O)c2cc(Cl)c(N3CCCCC3)nc2C1. The van der Waals surface area contributed by atoms with Crippen LogP contribution in [0, 0.1) is 5.41 Å². The van der Waals surface area contributed by atoms with Crippen molar-refractivity contribution in [2.24, 2.45) is 5.41 Å². The van der Waals surface area contributed by atoms with E-state index < -0.39 is 0 Å². The molecule has 0 aromatic carbocycles. The number of ketones is 1. The van der Waals surface area contributed by atoms with E-state index >= 15 is 0 Å². The molecule has 1 aromatic rings. The van der Waals surface area contributed by atoms with Crippen molar-refractivity contribution in [3.8, 4) is 0 Å². The molecule has 0 amide bonds. The minimum Gasteiger partial charge on any atom is -0.355 e. The van der Waals surface area contributed by atoms with Crippen LogP contribution in [0.5, 0.6) is 0 Å². The molecule has 108 valence electrons. The summed E-state index contributed by atoms with van der Waals surface area (Å²) >= 11 is 6.37. The smallest absolute Gasteiger partial charge is 0.165 e. The highest BCUT2D eigenvalue weighted by molar-refractivity contribution is 6.33. The van der Waals surface area contributed by atoms with Crippen LogP contribution in [0.1, 0.15) is 55.6 Å². The number of carbonyl (C=O) groups excluding carboxylic acids is 1. The number of hydrogen-bond donors (Lipinski definition) is 0. The van der Waals surface area contributed by atoms with E-state index in [4.69, 9.17) is 16.6 Å². The first-order valence-corrected chi connectivity index (χ1v) is 7.82. The molecule has 3 nitrogen and oxygen atoms in total. The summed E-state index contributed by atoms with van der Waals surface area (Å²) in [4.78, 5) is 19.2. The summed E-state index contributed by atoms with van der Waals surface area (Å²) in [6.45, 7) is 6.29. The molecule has 0 atom stereocenters. The maximum Gasteiger partial charge on any atom is 0.165 e. The van der Waals surface area contributed by atoms with E-state index in [9.17, 15) is 4.79 Å². The summed E-state index contributed by atoms with van der Waals surface area (Å²) in [5.41, 5.74) is 1.66. The monoisotopic (exact) mass is 292 g/mol. The van der Waals surface area contributed by atoms with Gasteiger partial charge in [-0.15, -0.1) is 0 Å². The number of aromatic nitrogens is 1. The summed E-state index contributed by atoms with van der Waals surface area (Å²) in [7, 11) is 0. The molecule has 0 spiro atoms. The number of rotatable bonds is 1. The zero-order chi connectivity index (χ0) is 14.3. The highest BCUT2D eigenvalue weighted by Gasteiger charge is 2.33. The van der Waals surface area contributed by atoms with Crippen molar-refractivity contribution < 1.29 is 4.79 Å². The Labute approximate surface area is 125 Å². The molecule has 1 aromatic heterocycles.